The molecule has 2 aliphatic rings. The van der Waals surface area contributed by atoms with Crippen LogP contribution < -0.4 is 5.32 Å². The maximum Gasteiger partial charge on any atom is 0.317 e. The Kier molecular flexibility index (Phi) is 4.08. The lowest BCUT2D eigenvalue weighted by molar-refractivity contribution is 0.195. The van der Waals surface area contributed by atoms with Crippen LogP contribution >= 0.6 is 0 Å². The standard InChI is InChI=1S/C13H24N2O/c1-11(10-12-6-7-12)14-13(16)15-8-4-2-3-5-9-15/h11-12H,2-10H2,1H3,(H,14,16). The number of carbonyl (C=O) groups is 1. The van der Waals surface area contributed by atoms with Gasteiger partial charge in [-0.2, -0.15) is 0 Å². The molecule has 1 N–H and O–H groups in total. The van der Waals surface area contributed by atoms with E-state index in [2.05, 4.69) is 12.2 Å². The minimum atomic E-state index is 0.162. The zero-order valence-corrected chi connectivity index (χ0v) is 10.4. The van der Waals surface area contributed by atoms with Gasteiger partial charge in [0.05, 0.1) is 0 Å². The minimum Gasteiger partial charge on any atom is -0.336 e. The molecule has 0 bridgehead atoms. The first kappa shape index (κ1) is 11.7. The van der Waals surface area contributed by atoms with Gasteiger partial charge in [0.2, 0.25) is 0 Å². The number of nitrogens with one attached hydrogen (secondary N) is 1. The van der Waals surface area contributed by atoms with E-state index in [4.69, 9.17) is 0 Å². The second-order valence-corrected chi connectivity index (χ2v) is 5.43. The molecule has 1 aliphatic carbocycles. The molecule has 0 aromatic heterocycles. The molecule has 0 spiro atoms. The molecule has 2 rings (SSSR count). The molecule has 1 unspecified atom stereocenters. The van der Waals surface area contributed by atoms with E-state index in [9.17, 15) is 4.79 Å². The third kappa shape index (κ3) is 3.69. The highest BCUT2D eigenvalue weighted by Gasteiger charge is 2.25. The molecular weight excluding hydrogens is 200 g/mol. The number of likely N-dealkylation sites (tertiary alicyclic amines) is 1. The van der Waals surface area contributed by atoms with E-state index in [1.54, 1.807) is 0 Å². The van der Waals surface area contributed by atoms with Crippen molar-refractivity contribution in [1.29, 1.82) is 0 Å². The summed E-state index contributed by atoms with van der Waals surface area (Å²) in [6.07, 6.45) is 8.80. The van der Waals surface area contributed by atoms with Gasteiger partial charge in [0, 0.05) is 19.1 Å². The fourth-order valence-corrected chi connectivity index (χ4v) is 2.49. The van der Waals surface area contributed by atoms with Gasteiger partial charge in [-0.1, -0.05) is 25.7 Å². The predicted molar refractivity (Wildman–Crippen MR) is 65.4 cm³/mol. The van der Waals surface area contributed by atoms with Gasteiger partial charge in [-0.25, -0.2) is 4.79 Å². The van der Waals surface area contributed by atoms with Crippen LogP contribution in [-0.4, -0.2) is 30.1 Å². The van der Waals surface area contributed by atoms with Crippen LogP contribution in [0, 0.1) is 5.92 Å². The van der Waals surface area contributed by atoms with Crippen LogP contribution in [0.3, 0.4) is 0 Å². The quantitative estimate of drug-likeness (QED) is 0.785. The number of amides is 2. The summed E-state index contributed by atoms with van der Waals surface area (Å²) < 4.78 is 0. The lowest BCUT2D eigenvalue weighted by Crippen LogP contribution is -2.44. The number of hydrogen-bond acceptors (Lipinski definition) is 1. The summed E-state index contributed by atoms with van der Waals surface area (Å²) in [5, 5.41) is 3.14. The second-order valence-electron chi connectivity index (χ2n) is 5.43. The van der Waals surface area contributed by atoms with Gasteiger partial charge in [0.15, 0.2) is 0 Å². The molecule has 3 heteroatoms. The molecule has 3 nitrogen and oxygen atoms in total. The summed E-state index contributed by atoms with van der Waals surface area (Å²) in [5.74, 6) is 0.888. The number of hydrogen-bond donors (Lipinski definition) is 1. The minimum absolute atomic E-state index is 0.162. The van der Waals surface area contributed by atoms with Crippen molar-refractivity contribution in [2.24, 2.45) is 5.92 Å². The summed E-state index contributed by atoms with van der Waals surface area (Å²) in [5.41, 5.74) is 0. The van der Waals surface area contributed by atoms with E-state index in [0.717, 1.165) is 19.0 Å². The number of urea groups is 1. The Morgan fingerprint density at radius 2 is 1.88 bits per heavy atom. The number of carbonyl (C=O) groups excluding carboxylic acids is 1. The molecule has 92 valence electrons. The van der Waals surface area contributed by atoms with Crippen molar-refractivity contribution in [3.05, 3.63) is 0 Å². The Hall–Kier alpha value is -0.730. The van der Waals surface area contributed by atoms with Crippen molar-refractivity contribution < 1.29 is 4.79 Å². The van der Waals surface area contributed by atoms with Gasteiger partial charge in [-0.05, 0) is 32.1 Å². The maximum absolute atomic E-state index is 12.0. The number of nitrogens with zero attached hydrogens (tertiary/aromatic N) is 1. The SMILES string of the molecule is CC(CC1CC1)NC(=O)N1CCCCCC1. The molecular formula is C13H24N2O. The molecule has 0 aromatic carbocycles. The first-order valence-corrected chi connectivity index (χ1v) is 6.81. The molecule has 1 saturated heterocycles. The highest BCUT2D eigenvalue weighted by atomic mass is 16.2. The highest BCUT2D eigenvalue weighted by molar-refractivity contribution is 5.74. The average molecular weight is 224 g/mol. The zero-order valence-electron chi connectivity index (χ0n) is 10.4. The van der Waals surface area contributed by atoms with Crippen molar-refractivity contribution >= 4 is 6.03 Å². The topological polar surface area (TPSA) is 32.3 Å². The third-order valence-electron chi connectivity index (χ3n) is 3.65. The average Bonchev–Trinajstić information content (AvgIpc) is 3.02. The predicted octanol–water partition coefficient (Wildman–Crippen LogP) is 2.76. The summed E-state index contributed by atoms with van der Waals surface area (Å²) in [7, 11) is 0. The van der Waals surface area contributed by atoms with Gasteiger partial charge >= 0.3 is 6.03 Å². The normalized spacial score (nSPS) is 23.7. The van der Waals surface area contributed by atoms with Gasteiger partial charge in [-0.15, -0.1) is 0 Å². The monoisotopic (exact) mass is 224 g/mol. The molecule has 1 saturated carbocycles. The van der Waals surface area contributed by atoms with E-state index >= 15 is 0 Å². The Labute approximate surface area is 98.6 Å². The van der Waals surface area contributed by atoms with Crippen LogP contribution in [0.5, 0.6) is 0 Å². The fourth-order valence-electron chi connectivity index (χ4n) is 2.49. The summed E-state index contributed by atoms with van der Waals surface area (Å²) in [4.78, 5) is 14.0. The highest BCUT2D eigenvalue weighted by Crippen LogP contribution is 2.33. The van der Waals surface area contributed by atoms with E-state index in [1.807, 2.05) is 4.90 Å². The summed E-state index contributed by atoms with van der Waals surface area (Å²) in [6.45, 7) is 4.03. The molecule has 2 amide bonds. The van der Waals surface area contributed by atoms with Crippen molar-refractivity contribution in [3.8, 4) is 0 Å². The first-order chi connectivity index (χ1) is 7.75. The van der Waals surface area contributed by atoms with Gasteiger partial charge in [0.25, 0.3) is 0 Å². The summed E-state index contributed by atoms with van der Waals surface area (Å²) >= 11 is 0. The number of rotatable bonds is 3. The lowest BCUT2D eigenvalue weighted by Gasteiger charge is -2.23. The molecule has 1 atom stereocenters. The van der Waals surface area contributed by atoms with Crippen molar-refractivity contribution in [3.63, 3.8) is 0 Å². The van der Waals surface area contributed by atoms with Crippen LogP contribution in [0.25, 0.3) is 0 Å². The van der Waals surface area contributed by atoms with Crippen molar-refractivity contribution in [2.75, 3.05) is 13.1 Å². The Bertz CT molecular complexity index is 230. The Morgan fingerprint density at radius 1 is 1.25 bits per heavy atom. The largest absolute Gasteiger partial charge is 0.336 e. The maximum atomic E-state index is 12.0. The lowest BCUT2D eigenvalue weighted by atomic mass is 10.2. The molecule has 1 aliphatic heterocycles. The molecule has 1 heterocycles. The van der Waals surface area contributed by atoms with E-state index in [1.165, 1.54) is 44.9 Å². The van der Waals surface area contributed by atoms with Crippen LogP contribution in [0.2, 0.25) is 0 Å². The fraction of sp³-hybridized carbons (Fsp3) is 0.923. The van der Waals surface area contributed by atoms with Gasteiger partial charge < -0.3 is 10.2 Å². The van der Waals surface area contributed by atoms with Crippen LogP contribution in [0.1, 0.15) is 51.9 Å². The van der Waals surface area contributed by atoms with Crippen LogP contribution in [0.15, 0.2) is 0 Å². The molecule has 0 radical (unpaired) electrons. The van der Waals surface area contributed by atoms with Gasteiger partial charge in [0.1, 0.15) is 0 Å². The Morgan fingerprint density at radius 3 is 2.44 bits per heavy atom. The second kappa shape index (κ2) is 5.55. The Balaban J connectivity index is 1.71. The zero-order chi connectivity index (χ0) is 11.4. The molecule has 16 heavy (non-hydrogen) atoms. The smallest absolute Gasteiger partial charge is 0.317 e. The van der Waals surface area contributed by atoms with Crippen LogP contribution in [0.4, 0.5) is 4.79 Å². The van der Waals surface area contributed by atoms with Crippen LogP contribution in [-0.2, 0) is 0 Å². The van der Waals surface area contributed by atoms with E-state index < -0.39 is 0 Å². The molecule has 0 aromatic rings. The van der Waals surface area contributed by atoms with Crippen molar-refractivity contribution in [1.82, 2.24) is 10.2 Å². The molecule has 2 fully saturated rings. The third-order valence-corrected chi connectivity index (χ3v) is 3.65. The van der Waals surface area contributed by atoms with Gasteiger partial charge in [-0.3, -0.25) is 0 Å². The summed E-state index contributed by atoms with van der Waals surface area (Å²) in [6, 6.07) is 0.512. The van der Waals surface area contributed by atoms with E-state index in [-0.39, 0.29) is 6.03 Å². The first-order valence-electron chi connectivity index (χ1n) is 6.81. The van der Waals surface area contributed by atoms with Crippen molar-refractivity contribution in [2.45, 2.75) is 57.9 Å². The van der Waals surface area contributed by atoms with E-state index in [0.29, 0.717) is 6.04 Å².